The van der Waals surface area contributed by atoms with Crippen LogP contribution in [0.15, 0.2) is 0 Å². The fourth-order valence-corrected chi connectivity index (χ4v) is 3.04. The van der Waals surface area contributed by atoms with Gasteiger partial charge in [0.05, 0.1) is 0 Å². The molecule has 0 aliphatic carbocycles. The molecule has 0 aromatic rings. The third-order valence-corrected chi connectivity index (χ3v) is 4.74. The van der Waals surface area contributed by atoms with Crippen molar-refractivity contribution in [3.05, 3.63) is 0 Å². The molecular formula is C15H28N2O. The molecule has 2 rings (SSSR count). The van der Waals surface area contributed by atoms with Crippen LogP contribution in [0.3, 0.4) is 0 Å². The number of amides is 2. The molecule has 2 saturated heterocycles. The van der Waals surface area contributed by atoms with E-state index in [0.29, 0.717) is 11.3 Å². The van der Waals surface area contributed by atoms with Crippen molar-refractivity contribution in [2.75, 3.05) is 26.2 Å². The summed E-state index contributed by atoms with van der Waals surface area (Å²) in [4.78, 5) is 16.6. The Balaban J connectivity index is 1.88. The Bertz CT molecular complexity index is 300. The fraction of sp³-hybridized carbons (Fsp3) is 0.933. The Morgan fingerprint density at radius 2 is 1.56 bits per heavy atom. The van der Waals surface area contributed by atoms with E-state index in [4.69, 9.17) is 0 Å². The third-order valence-electron chi connectivity index (χ3n) is 4.74. The number of likely N-dealkylation sites (tertiary alicyclic amines) is 2. The van der Waals surface area contributed by atoms with Crippen molar-refractivity contribution in [1.29, 1.82) is 0 Å². The predicted octanol–water partition coefficient (Wildman–Crippen LogP) is 3.21. The van der Waals surface area contributed by atoms with E-state index in [1.54, 1.807) is 0 Å². The summed E-state index contributed by atoms with van der Waals surface area (Å²) >= 11 is 0. The Labute approximate surface area is 112 Å². The summed E-state index contributed by atoms with van der Waals surface area (Å²) in [5.41, 5.74) is 0.325. The highest BCUT2D eigenvalue weighted by Gasteiger charge is 2.35. The van der Waals surface area contributed by atoms with Gasteiger partial charge in [-0.3, -0.25) is 0 Å². The summed E-state index contributed by atoms with van der Waals surface area (Å²) < 4.78 is 0. The molecule has 0 saturated carbocycles. The lowest BCUT2D eigenvalue weighted by Gasteiger charge is -2.34. The number of hydrogen-bond donors (Lipinski definition) is 0. The zero-order valence-corrected chi connectivity index (χ0v) is 12.4. The molecular weight excluding hydrogens is 224 g/mol. The Morgan fingerprint density at radius 3 is 2.06 bits per heavy atom. The van der Waals surface area contributed by atoms with E-state index in [1.807, 2.05) is 0 Å². The maximum atomic E-state index is 12.4. The monoisotopic (exact) mass is 252 g/mol. The summed E-state index contributed by atoms with van der Waals surface area (Å²) in [6.07, 6.45) is 3.50. The van der Waals surface area contributed by atoms with Crippen LogP contribution in [0.25, 0.3) is 0 Å². The van der Waals surface area contributed by atoms with Crippen LogP contribution in [0, 0.1) is 17.3 Å². The number of carbonyl (C=O) groups excluding carboxylic acids is 1. The average molecular weight is 252 g/mol. The van der Waals surface area contributed by atoms with Gasteiger partial charge in [-0.2, -0.15) is 0 Å². The van der Waals surface area contributed by atoms with Crippen LogP contribution < -0.4 is 0 Å². The number of carbonyl (C=O) groups is 1. The predicted molar refractivity (Wildman–Crippen MR) is 74.5 cm³/mol. The molecule has 2 aliphatic rings. The van der Waals surface area contributed by atoms with Gasteiger partial charge in [-0.15, -0.1) is 0 Å². The molecule has 3 heteroatoms. The highest BCUT2D eigenvalue weighted by molar-refractivity contribution is 5.74. The lowest BCUT2D eigenvalue weighted by molar-refractivity contribution is 0.138. The molecule has 3 nitrogen and oxygen atoms in total. The molecule has 18 heavy (non-hydrogen) atoms. The Kier molecular flexibility index (Phi) is 3.88. The van der Waals surface area contributed by atoms with Gasteiger partial charge in [-0.1, -0.05) is 27.7 Å². The molecule has 2 aliphatic heterocycles. The van der Waals surface area contributed by atoms with E-state index in [1.165, 1.54) is 19.3 Å². The molecule has 0 aromatic heterocycles. The summed E-state index contributed by atoms with van der Waals surface area (Å²) in [6.45, 7) is 13.0. The summed E-state index contributed by atoms with van der Waals surface area (Å²) in [7, 11) is 0. The van der Waals surface area contributed by atoms with E-state index in [0.717, 1.165) is 32.1 Å². The number of piperidine rings is 1. The first kappa shape index (κ1) is 13.7. The van der Waals surface area contributed by atoms with Gasteiger partial charge in [0.2, 0.25) is 0 Å². The minimum atomic E-state index is 0.286. The normalized spacial score (nSPS) is 26.8. The SMILES string of the molecule is CC1CCN(C(=O)N2CCC(C(C)(C)C)C2)CC1. The second-order valence-electron chi connectivity index (χ2n) is 7.25. The molecule has 2 fully saturated rings. The van der Waals surface area contributed by atoms with Crippen LogP contribution in [0.4, 0.5) is 4.79 Å². The lowest BCUT2D eigenvalue weighted by Crippen LogP contribution is -2.46. The maximum Gasteiger partial charge on any atom is 0.320 e. The molecule has 1 atom stereocenters. The highest BCUT2D eigenvalue weighted by Crippen LogP contribution is 2.34. The Hall–Kier alpha value is -0.730. The smallest absolute Gasteiger partial charge is 0.320 e. The molecule has 0 radical (unpaired) electrons. The first-order valence-electron chi connectivity index (χ1n) is 7.42. The van der Waals surface area contributed by atoms with Crippen molar-refractivity contribution < 1.29 is 4.79 Å². The van der Waals surface area contributed by atoms with Crippen molar-refractivity contribution in [3.8, 4) is 0 Å². The average Bonchev–Trinajstić information content (AvgIpc) is 2.78. The second-order valence-corrected chi connectivity index (χ2v) is 7.25. The molecule has 1 unspecified atom stereocenters. The molecule has 104 valence electrons. The number of nitrogens with zero attached hydrogens (tertiary/aromatic N) is 2. The largest absolute Gasteiger partial charge is 0.325 e. The summed E-state index contributed by atoms with van der Waals surface area (Å²) in [6, 6.07) is 0.286. The lowest BCUT2D eigenvalue weighted by atomic mass is 9.80. The van der Waals surface area contributed by atoms with E-state index < -0.39 is 0 Å². The number of hydrogen-bond acceptors (Lipinski definition) is 1. The van der Waals surface area contributed by atoms with E-state index in [2.05, 4.69) is 37.5 Å². The van der Waals surface area contributed by atoms with Gasteiger partial charge in [0.15, 0.2) is 0 Å². The van der Waals surface area contributed by atoms with Gasteiger partial charge in [0, 0.05) is 26.2 Å². The summed E-state index contributed by atoms with van der Waals surface area (Å²) in [5.74, 6) is 1.44. The van der Waals surface area contributed by atoms with Crippen LogP contribution in [0.5, 0.6) is 0 Å². The van der Waals surface area contributed by atoms with Crippen LogP contribution in [-0.2, 0) is 0 Å². The standard InChI is InChI=1S/C15H28N2O/c1-12-5-8-16(9-6-12)14(18)17-10-7-13(11-17)15(2,3)4/h12-13H,5-11H2,1-4H3. The zero-order valence-electron chi connectivity index (χ0n) is 12.4. The van der Waals surface area contributed by atoms with Crippen molar-refractivity contribution in [1.82, 2.24) is 9.80 Å². The van der Waals surface area contributed by atoms with Crippen LogP contribution in [-0.4, -0.2) is 42.0 Å². The minimum Gasteiger partial charge on any atom is -0.325 e. The molecule has 2 heterocycles. The molecule has 0 bridgehead atoms. The first-order chi connectivity index (χ1) is 8.38. The van der Waals surface area contributed by atoms with Crippen molar-refractivity contribution >= 4 is 6.03 Å². The highest BCUT2D eigenvalue weighted by atomic mass is 16.2. The molecule has 0 aromatic carbocycles. The molecule has 0 spiro atoms. The maximum absolute atomic E-state index is 12.4. The second kappa shape index (κ2) is 5.10. The van der Waals surface area contributed by atoms with Crippen LogP contribution in [0.2, 0.25) is 0 Å². The molecule has 0 N–H and O–H groups in total. The first-order valence-corrected chi connectivity index (χ1v) is 7.42. The summed E-state index contributed by atoms with van der Waals surface area (Å²) in [5, 5.41) is 0. The van der Waals surface area contributed by atoms with E-state index >= 15 is 0 Å². The van der Waals surface area contributed by atoms with Gasteiger partial charge in [-0.25, -0.2) is 4.79 Å². The van der Waals surface area contributed by atoms with E-state index in [9.17, 15) is 4.79 Å². The fourth-order valence-electron chi connectivity index (χ4n) is 3.04. The topological polar surface area (TPSA) is 23.6 Å². The van der Waals surface area contributed by atoms with Crippen molar-refractivity contribution in [3.63, 3.8) is 0 Å². The zero-order chi connectivity index (χ0) is 13.3. The number of urea groups is 1. The van der Waals surface area contributed by atoms with Gasteiger partial charge in [-0.05, 0) is 36.5 Å². The van der Waals surface area contributed by atoms with Crippen LogP contribution in [0.1, 0.15) is 47.0 Å². The van der Waals surface area contributed by atoms with Gasteiger partial charge < -0.3 is 9.80 Å². The third kappa shape index (κ3) is 2.99. The van der Waals surface area contributed by atoms with Crippen molar-refractivity contribution in [2.24, 2.45) is 17.3 Å². The minimum absolute atomic E-state index is 0.286. The van der Waals surface area contributed by atoms with Gasteiger partial charge in [0.1, 0.15) is 0 Å². The van der Waals surface area contributed by atoms with E-state index in [-0.39, 0.29) is 6.03 Å². The molecule has 2 amide bonds. The number of rotatable bonds is 0. The van der Waals surface area contributed by atoms with Gasteiger partial charge >= 0.3 is 6.03 Å². The van der Waals surface area contributed by atoms with Gasteiger partial charge in [0.25, 0.3) is 0 Å². The van der Waals surface area contributed by atoms with Crippen molar-refractivity contribution in [2.45, 2.75) is 47.0 Å². The Morgan fingerprint density at radius 1 is 1.00 bits per heavy atom. The van der Waals surface area contributed by atoms with Crippen LogP contribution >= 0.6 is 0 Å². The quantitative estimate of drug-likeness (QED) is 0.649.